The summed E-state index contributed by atoms with van der Waals surface area (Å²) in [6.07, 6.45) is -2.83. The van der Waals surface area contributed by atoms with E-state index >= 15 is 0 Å². The minimum Gasteiger partial charge on any atom is -0.455 e. The Balaban J connectivity index is 3.12. The van der Waals surface area contributed by atoms with Crippen LogP contribution in [-0.2, 0) is 38.1 Å². The lowest BCUT2D eigenvalue weighted by molar-refractivity contribution is -0.293. The van der Waals surface area contributed by atoms with Crippen LogP contribution in [0.1, 0.15) is 27.2 Å². The van der Waals surface area contributed by atoms with Gasteiger partial charge < -0.3 is 23.7 Å². The maximum atomic E-state index is 12.2. The second-order valence-corrected chi connectivity index (χ2v) is 6.83. The van der Waals surface area contributed by atoms with Crippen molar-refractivity contribution in [2.45, 2.75) is 57.9 Å². The van der Waals surface area contributed by atoms with Gasteiger partial charge in [0.1, 0.15) is 6.10 Å². The maximum Gasteiger partial charge on any atom is 0.306 e. The van der Waals surface area contributed by atoms with Crippen LogP contribution in [0.4, 0.5) is 0 Å². The van der Waals surface area contributed by atoms with E-state index in [0.717, 1.165) is 0 Å². The zero-order chi connectivity index (χ0) is 19.9. The molecule has 6 atom stereocenters. The third kappa shape index (κ3) is 6.51. The van der Waals surface area contributed by atoms with E-state index in [1.807, 2.05) is 6.92 Å². The van der Waals surface area contributed by atoms with E-state index in [2.05, 4.69) is 29.2 Å². The molecular formula is C17H25IO8. The molecule has 0 N–H and O–H groups in total. The molecule has 8 nitrogen and oxygen atoms in total. The molecule has 0 radical (unpaired) electrons. The van der Waals surface area contributed by atoms with Gasteiger partial charge in [0, 0.05) is 25.4 Å². The lowest BCUT2D eigenvalue weighted by Crippen LogP contribution is -2.62. The van der Waals surface area contributed by atoms with Gasteiger partial charge >= 0.3 is 17.9 Å². The topological polar surface area (TPSA) is 97.4 Å². The molecule has 1 saturated heterocycles. The van der Waals surface area contributed by atoms with Gasteiger partial charge in [-0.25, -0.2) is 0 Å². The number of carbonyl (C=O) groups is 3. The Hall–Kier alpha value is -1.20. The summed E-state index contributed by atoms with van der Waals surface area (Å²) in [6, 6.07) is 0. The van der Waals surface area contributed by atoms with Crippen LogP contribution in [0.3, 0.4) is 0 Å². The van der Waals surface area contributed by atoms with Gasteiger partial charge in [-0.05, 0) is 5.92 Å². The number of rotatable bonds is 8. The SMILES string of the molecule is C=C[C@H](C)CC(=O)O[C@H]1[C@H](OC(C)=O)[C@@H](OC(C)=O)[C@@H](OC)O[C@@H]1CI. The van der Waals surface area contributed by atoms with Crippen molar-refractivity contribution in [2.24, 2.45) is 5.92 Å². The van der Waals surface area contributed by atoms with E-state index in [0.29, 0.717) is 4.43 Å². The highest BCUT2D eigenvalue weighted by atomic mass is 127. The Labute approximate surface area is 166 Å². The highest BCUT2D eigenvalue weighted by Crippen LogP contribution is 2.30. The summed E-state index contributed by atoms with van der Waals surface area (Å²) in [5.41, 5.74) is 0. The predicted octanol–water partition coefficient (Wildman–Crippen LogP) is 1.78. The number of methoxy groups -OCH3 is 1. The summed E-state index contributed by atoms with van der Waals surface area (Å²) in [5, 5.41) is 0. The molecule has 0 bridgehead atoms. The fourth-order valence-corrected chi connectivity index (χ4v) is 3.23. The van der Waals surface area contributed by atoms with Crippen LogP contribution in [-0.4, -0.2) is 60.2 Å². The highest BCUT2D eigenvalue weighted by Gasteiger charge is 2.51. The highest BCUT2D eigenvalue weighted by molar-refractivity contribution is 14.1. The number of hydrogen-bond donors (Lipinski definition) is 0. The Morgan fingerprint density at radius 2 is 1.69 bits per heavy atom. The van der Waals surface area contributed by atoms with Crippen molar-refractivity contribution in [2.75, 3.05) is 11.5 Å². The number of hydrogen-bond acceptors (Lipinski definition) is 8. The zero-order valence-electron chi connectivity index (χ0n) is 15.3. The average molecular weight is 484 g/mol. The van der Waals surface area contributed by atoms with Crippen molar-refractivity contribution < 1.29 is 38.1 Å². The van der Waals surface area contributed by atoms with Crippen molar-refractivity contribution in [3.05, 3.63) is 12.7 Å². The largest absolute Gasteiger partial charge is 0.455 e. The first kappa shape index (κ1) is 22.8. The number of ether oxygens (including phenoxy) is 5. The first-order chi connectivity index (χ1) is 12.2. The third-order valence-corrected chi connectivity index (χ3v) is 4.61. The van der Waals surface area contributed by atoms with Gasteiger partial charge in [0.2, 0.25) is 0 Å². The number of halogens is 1. The van der Waals surface area contributed by atoms with E-state index in [9.17, 15) is 14.4 Å². The molecule has 148 valence electrons. The minimum absolute atomic E-state index is 0.0757. The molecule has 1 heterocycles. The van der Waals surface area contributed by atoms with Crippen molar-refractivity contribution in [1.82, 2.24) is 0 Å². The lowest BCUT2D eigenvalue weighted by Gasteiger charge is -2.43. The van der Waals surface area contributed by atoms with Gasteiger partial charge in [0.25, 0.3) is 0 Å². The molecule has 0 aromatic rings. The third-order valence-electron chi connectivity index (χ3n) is 3.74. The Bertz CT molecular complexity index is 523. The quantitative estimate of drug-likeness (QED) is 0.169. The van der Waals surface area contributed by atoms with Crippen molar-refractivity contribution in [1.29, 1.82) is 0 Å². The summed E-state index contributed by atoms with van der Waals surface area (Å²) in [5.74, 6) is -1.77. The normalized spacial score (nSPS) is 29.3. The molecule has 0 unspecified atom stereocenters. The molecule has 1 fully saturated rings. The molecule has 1 aliphatic rings. The number of carbonyl (C=O) groups excluding carboxylic acids is 3. The zero-order valence-corrected chi connectivity index (χ0v) is 17.5. The monoisotopic (exact) mass is 484 g/mol. The van der Waals surface area contributed by atoms with Gasteiger partial charge in [-0.1, -0.05) is 35.6 Å². The molecule has 0 aliphatic carbocycles. The van der Waals surface area contributed by atoms with E-state index in [1.54, 1.807) is 6.08 Å². The Morgan fingerprint density at radius 1 is 1.12 bits per heavy atom. The fraction of sp³-hybridized carbons (Fsp3) is 0.706. The molecule has 26 heavy (non-hydrogen) atoms. The molecule has 0 aromatic carbocycles. The standard InChI is InChI=1S/C17H25IO8/c1-6-9(2)7-13(21)26-14-12(8-18)25-17(22-5)16(24-11(4)20)15(14)23-10(3)19/h6,9,12,14-17H,1,7-8H2,2-5H3/t9-,12+,14+,15-,16+,17-/m0/s1. The maximum absolute atomic E-state index is 12.2. The fourth-order valence-electron chi connectivity index (χ4n) is 2.52. The summed E-state index contributed by atoms with van der Waals surface area (Å²) in [4.78, 5) is 35.3. The lowest BCUT2D eigenvalue weighted by atomic mass is 9.98. The number of alkyl halides is 1. The Morgan fingerprint density at radius 3 is 2.15 bits per heavy atom. The first-order valence-electron chi connectivity index (χ1n) is 8.14. The molecule has 9 heteroatoms. The van der Waals surface area contributed by atoms with E-state index in [4.69, 9.17) is 23.7 Å². The van der Waals surface area contributed by atoms with Crippen LogP contribution in [0.15, 0.2) is 12.7 Å². The van der Waals surface area contributed by atoms with Crippen molar-refractivity contribution in [3.63, 3.8) is 0 Å². The van der Waals surface area contributed by atoms with Crippen LogP contribution in [0.2, 0.25) is 0 Å². The van der Waals surface area contributed by atoms with E-state index < -0.39 is 48.6 Å². The predicted molar refractivity (Wildman–Crippen MR) is 99.5 cm³/mol. The van der Waals surface area contributed by atoms with Gasteiger partial charge in [-0.3, -0.25) is 14.4 Å². The summed E-state index contributed by atoms with van der Waals surface area (Å²) in [6.45, 7) is 7.90. The number of esters is 3. The molecule has 1 aliphatic heterocycles. The molecule has 0 amide bonds. The second-order valence-electron chi connectivity index (χ2n) is 5.95. The van der Waals surface area contributed by atoms with Crippen molar-refractivity contribution >= 4 is 40.5 Å². The van der Waals surface area contributed by atoms with E-state index in [1.165, 1.54) is 21.0 Å². The average Bonchev–Trinajstić information content (AvgIpc) is 2.56. The van der Waals surface area contributed by atoms with Crippen LogP contribution < -0.4 is 0 Å². The van der Waals surface area contributed by atoms with Gasteiger partial charge in [0.15, 0.2) is 24.6 Å². The minimum atomic E-state index is -1.06. The van der Waals surface area contributed by atoms with Crippen LogP contribution in [0.5, 0.6) is 0 Å². The molecule has 0 saturated carbocycles. The van der Waals surface area contributed by atoms with Gasteiger partial charge in [0.05, 0.1) is 6.42 Å². The van der Waals surface area contributed by atoms with Gasteiger partial charge in [-0.2, -0.15) is 0 Å². The van der Waals surface area contributed by atoms with Crippen molar-refractivity contribution in [3.8, 4) is 0 Å². The second kappa shape index (κ2) is 10.8. The summed E-state index contributed by atoms with van der Waals surface area (Å²) < 4.78 is 27.6. The van der Waals surface area contributed by atoms with Crippen LogP contribution in [0, 0.1) is 5.92 Å². The molecule has 0 aromatic heterocycles. The van der Waals surface area contributed by atoms with Crippen LogP contribution in [0.25, 0.3) is 0 Å². The molecule has 1 rings (SSSR count). The molecular weight excluding hydrogens is 459 g/mol. The number of allylic oxidation sites excluding steroid dienone is 1. The van der Waals surface area contributed by atoms with Gasteiger partial charge in [-0.15, -0.1) is 6.58 Å². The summed E-state index contributed by atoms with van der Waals surface area (Å²) in [7, 11) is 1.38. The van der Waals surface area contributed by atoms with Crippen LogP contribution >= 0.6 is 22.6 Å². The first-order valence-corrected chi connectivity index (χ1v) is 9.66. The molecule has 0 spiro atoms. The summed E-state index contributed by atoms with van der Waals surface area (Å²) >= 11 is 2.07. The Kier molecular flexibility index (Phi) is 9.51. The van der Waals surface area contributed by atoms with E-state index in [-0.39, 0.29) is 12.3 Å². The smallest absolute Gasteiger partial charge is 0.306 e.